The van der Waals surface area contributed by atoms with Crippen LogP contribution in [0, 0.1) is 6.92 Å². The fourth-order valence-corrected chi connectivity index (χ4v) is 2.38. The molecule has 3 nitrogen and oxygen atoms in total. The number of hydrogen-bond acceptors (Lipinski definition) is 3. The first-order chi connectivity index (χ1) is 7.74. The van der Waals surface area contributed by atoms with Crippen molar-refractivity contribution in [3.8, 4) is 11.5 Å². The van der Waals surface area contributed by atoms with Crippen molar-refractivity contribution < 1.29 is 14.6 Å². The van der Waals surface area contributed by atoms with Crippen LogP contribution in [0.1, 0.15) is 17.5 Å². The summed E-state index contributed by atoms with van der Waals surface area (Å²) in [5, 5.41) is 8.86. The maximum Gasteiger partial charge on any atom is 0.175 e. The molecule has 2 rings (SSSR count). The molecule has 1 aliphatic rings. The normalized spacial score (nSPS) is 13.9. The van der Waals surface area contributed by atoms with Crippen molar-refractivity contribution in [2.45, 2.75) is 19.8 Å². The summed E-state index contributed by atoms with van der Waals surface area (Å²) >= 11 is 3.54. The van der Waals surface area contributed by atoms with Crippen LogP contribution in [0.5, 0.6) is 11.5 Å². The van der Waals surface area contributed by atoms with E-state index in [4.69, 9.17) is 14.6 Å². The van der Waals surface area contributed by atoms with E-state index in [1.165, 1.54) is 5.56 Å². The van der Waals surface area contributed by atoms with E-state index in [1.54, 1.807) is 0 Å². The molecule has 1 aliphatic heterocycles. The number of aliphatic hydroxyl groups is 1. The maximum atomic E-state index is 8.86. The molecule has 1 aromatic rings. The van der Waals surface area contributed by atoms with Crippen molar-refractivity contribution in [2.75, 3.05) is 19.8 Å². The second kappa shape index (κ2) is 5.06. The SMILES string of the molecule is Cc1c(CCCO)cc2c(c1Br)OCCO2. The minimum Gasteiger partial charge on any atom is -0.486 e. The number of benzene rings is 1. The predicted octanol–water partition coefficient (Wildman–Crippen LogP) is 2.45. The lowest BCUT2D eigenvalue weighted by Gasteiger charge is -2.22. The van der Waals surface area contributed by atoms with Crippen LogP contribution in [0.25, 0.3) is 0 Å². The zero-order valence-corrected chi connectivity index (χ0v) is 10.8. The van der Waals surface area contributed by atoms with Gasteiger partial charge in [-0.15, -0.1) is 0 Å². The fourth-order valence-electron chi connectivity index (χ4n) is 1.82. The fraction of sp³-hybridized carbons (Fsp3) is 0.500. The number of aliphatic hydroxyl groups excluding tert-OH is 1. The Morgan fingerprint density at radius 3 is 2.88 bits per heavy atom. The minimum absolute atomic E-state index is 0.214. The lowest BCUT2D eigenvalue weighted by atomic mass is 10.0. The molecule has 0 amide bonds. The number of ether oxygens (including phenoxy) is 2. The van der Waals surface area contributed by atoms with Crippen LogP contribution in [0.3, 0.4) is 0 Å². The third-order valence-electron chi connectivity index (χ3n) is 2.73. The van der Waals surface area contributed by atoms with E-state index in [0.717, 1.165) is 34.4 Å². The van der Waals surface area contributed by atoms with Crippen LogP contribution in [0.15, 0.2) is 10.5 Å². The number of halogens is 1. The third kappa shape index (κ3) is 2.18. The van der Waals surface area contributed by atoms with Crippen molar-refractivity contribution in [1.29, 1.82) is 0 Å². The number of hydrogen-bond donors (Lipinski definition) is 1. The Bertz CT molecular complexity index is 390. The zero-order valence-electron chi connectivity index (χ0n) is 9.25. The summed E-state index contributed by atoms with van der Waals surface area (Å²) in [5.74, 6) is 1.60. The first-order valence-electron chi connectivity index (χ1n) is 5.42. The average Bonchev–Trinajstić information content (AvgIpc) is 2.32. The van der Waals surface area contributed by atoms with E-state index in [-0.39, 0.29) is 6.61 Å². The van der Waals surface area contributed by atoms with Gasteiger partial charge in [0.25, 0.3) is 0 Å². The lowest BCUT2D eigenvalue weighted by molar-refractivity contribution is 0.170. The summed E-state index contributed by atoms with van der Waals surface area (Å²) in [6.07, 6.45) is 1.63. The van der Waals surface area contributed by atoms with E-state index in [1.807, 2.05) is 6.07 Å². The van der Waals surface area contributed by atoms with Gasteiger partial charge < -0.3 is 14.6 Å². The highest BCUT2D eigenvalue weighted by Crippen LogP contribution is 2.41. The predicted molar refractivity (Wildman–Crippen MR) is 65.3 cm³/mol. The van der Waals surface area contributed by atoms with Crippen LogP contribution in [-0.4, -0.2) is 24.9 Å². The van der Waals surface area contributed by atoms with Gasteiger partial charge in [0.05, 0.1) is 4.47 Å². The molecule has 1 heterocycles. The molecule has 4 heteroatoms. The van der Waals surface area contributed by atoms with Crippen LogP contribution in [-0.2, 0) is 6.42 Å². The van der Waals surface area contributed by atoms with Gasteiger partial charge in [-0.1, -0.05) is 0 Å². The Morgan fingerprint density at radius 1 is 1.38 bits per heavy atom. The molecule has 0 fully saturated rings. The lowest BCUT2D eigenvalue weighted by Crippen LogP contribution is -2.16. The Hall–Kier alpha value is -0.740. The largest absolute Gasteiger partial charge is 0.486 e. The van der Waals surface area contributed by atoms with Gasteiger partial charge in [-0.05, 0) is 52.9 Å². The van der Waals surface area contributed by atoms with Crippen molar-refractivity contribution in [1.82, 2.24) is 0 Å². The van der Waals surface area contributed by atoms with Crippen LogP contribution in [0.2, 0.25) is 0 Å². The van der Waals surface area contributed by atoms with E-state index in [0.29, 0.717) is 13.2 Å². The van der Waals surface area contributed by atoms with Gasteiger partial charge in [0, 0.05) is 6.61 Å². The smallest absolute Gasteiger partial charge is 0.175 e. The van der Waals surface area contributed by atoms with Gasteiger partial charge >= 0.3 is 0 Å². The molecule has 88 valence electrons. The molecule has 0 bridgehead atoms. The first kappa shape index (κ1) is 11.7. The Kier molecular flexibility index (Phi) is 3.71. The molecule has 1 aromatic carbocycles. The molecule has 0 radical (unpaired) electrons. The van der Waals surface area contributed by atoms with Crippen LogP contribution >= 0.6 is 15.9 Å². The molecule has 0 aliphatic carbocycles. The van der Waals surface area contributed by atoms with Gasteiger partial charge in [0.15, 0.2) is 11.5 Å². The minimum atomic E-state index is 0.214. The molecule has 1 N–H and O–H groups in total. The van der Waals surface area contributed by atoms with Gasteiger partial charge in [-0.2, -0.15) is 0 Å². The van der Waals surface area contributed by atoms with E-state index >= 15 is 0 Å². The molecule has 0 spiro atoms. The van der Waals surface area contributed by atoms with Crippen molar-refractivity contribution >= 4 is 15.9 Å². The van der Waals surface area contributed by atoms with Crippen molar-refractivity contribution in [3.63, 3.8) is 0 Å². The quantitative estimate of drug-likeness (QED) is 0.928. The highest BCUT2D eigenvalue weighted by atomic mass is 79.9. The molecule has 0 unspecified atom stereocenters. The number of aryl methyl sites for hydroxylation is 1. The highest BCUT2D eigenvalue weighted by Gasteiger charge is 2.19. The molecule has 0 saturated heterocycles. The van der Waals surface area contributed by atoms with E-state index < -0.39 is 0 Å². The van der Waals surface area contributed by atoms with Gasteiger partial charge in [0.1, 0.15) is 13.2 Å². The molecule has 0 saturated carbocycles. The molecular formula is C12H15BrO3. The average molecular weight is 287 g/mol. The zero-order chi connectivity index (χ0) is 11.5. The van der Waals surface area contributed by atoms with E-state index in [2.05, 4.69) is 22.9 Å². The summed E-state index contributed by atoms with van der Waals surface area (Å²) in [7, 11) is 0. The summed E-state index contributed by atoms with van der Waals surface area (Å²) in [6.45, 7) is 3.46. The molecule has 0 atom stereocenters. The first-order valence-corrected chi connectivity index (χ1v) is 6.21. The second-order valence-corrected chi connectivity index (χ2v) is 4.62. The van der Waals surface area contributed by atoms with Crippen molar-refractivity contribution in [2.24, 2.45) is 0 Å². The Morgan fingerprint density at radius 2 is 2.12 bits per heavy atom. The van der Waals surface area contributed by atoms with Crippen LogP contribution in [0.4, 0.5) is 0 Å². The number of fused-ring (bicyclic) bond motifs is 1. The highest BCUT2D eigenvalue weighted by molar-refractivity contribution is 9.10. The second-order valence-electron chi connectivity index (χ2n) is 3.83. The summed E-state index contributed by atoms with van der Waals surface area (Å²) < 4.78 is 12.1. The Labute approximate surface area is 104 Å². The summed E-state index contributed by atoms with van der Waals surface area (Å²) in [6, 6.07) is 2.02. The topological polar surface area (TPSA) is 38.7 Å². The summed E-state index contributed by atoms with van der Waals surface area (Å²) in [5.41, 5.74) is 2.36. The monoisotopic (exact) mass is 286 g/mol. The van der Waals surface area contributed by atoms with Gasteiger partial charge in [0.2, 0.25) is 0 Å². The Balaban J connectivity index is 2.36. The summed E-state index contributed by atoms with van der Waals surface area (Å²) in [4.78, 5) is 0. The van der Waals surface area contributed by atoms with E-state index in [9.17, 15) is 0 Å². The maximum absolute atomic E-state index is 8.86. The standard InChI is InChI=1S/C12H15BrO3/c1-8-9(3-2-4-14)7-10-12(11(8)13)16-6-5-15-10/h7,14H,2-6H2,1H3. The third-order valence-corrected chi connectivity index (χ3v) is 3.69. The van der Waals surface area contributed by atoms with Crippen molar-refractivity contribution in [3.05, 3.63) is 21.7 Å². The molecular weight excluding hydrogens is 272 g/mol. The molecule has 16 heavy (non-hydrogen) atoms. The number of rotatable bonds is 3. The van der Waals surface area contributed by atoms with Crippen LogP contribution < -0.4 is 9.47 Å². The van der Waals surface area contributed by atoms with Gasteiger partial charge in [-0.25, -0.2) is 0 Å². The van der Waals surface area contributed by atoms with Gasteiger partial charge in [-0.3, -0.25) is 0 Å². The molecule has 0 aromatic heterocycles.